The Balaban J connectivity index is 3.23. The van der Waals surface area contributed by atoms with Gasteiger partial charge in [-0.2, -0.15) is 0 Å². The molecule has 1 aromatic heterocycles. The number of aromatic amines is 1. The van der Waals surface area contributed by atoms with E-state index in [1.165, 1.54) is 0 Å². The molecule has 0 aliphatic carbocycles. The van der Waals surface area contributed by atoms with Gasteiger partial charge in [-0.25, -0.2) is 17.9 Å². The highest BCUT2D eigenvalue weighted by atomic mass is 32.2. The molecule has 0 aliphatic heterocycles. The molecule has 0 saturated heterocycles. The molecule has 0 saturated carbocycles. The average Bonchev–Trinajstić information content (AvgIpc) is 2.65. The van der Waals surface area contributed by atoms with Crippen molar-refractivity contribution in [1.29, 1.82) is 0 Å². The van der Waals surface area contributed by atoms with E-state index in [4.69, 9.17) is 4.74 Å². The van der Waals surface area contributed by atoms with Gasteiger partial charge in [0, 0.05) is 17.3 Å². The molecule has 6 nitrogen and oxygen atoms in total. The minimum Gasteiger partial charge on any atom is -0.461 e. The highest BCUT2D eigenvalue weighted by Crippen LogP contribution is 2.24. The fraction of sp³-hybridized carbons (Fsp3) is 0.615. The van der Waals surface area contributed by atoms with Crippen molar-refractivity contribution in [2.24, 2.45) is 0 Å². The molecule has 7 heteroatoms. The van der Waals surface area contributed by atoms with Crippen molar-refractivity contribution in [2.45, 2.75) is 52.0 Å². The number of carbonyl (C=O) groups excluding carboxylic acids is 1. The second-order valence-electron chi connectivity index (χ2n) is 4.73. The van der Waals surface area contributed by atoms with Gasteiger partial charge in [-0.05, 0) is 34.1 Å². The van der Waals surface area contributed by atoms with Crippen LogP contribution in [0.3, 0.4) is 0 Å². The van der Waals surface area contributed by atoms with Crippen LogP contribution in [0.2, 0.25) is 0 Å². The number of aromatic nitrogens is 1. The number of aryl methyl sites for hydroxylation is 1. The maximum absolute atomic E-state index is 12.4. The Bertz CT molecular complexity index is 590. The molecule has 1 atom stereocenters. The molecule has 0 fully saturated rings. The van der Waals surface area contributed by atoms with E-state index in [2.05, 4.69) is 9.71 Å². The summed E-state index contributed by atoms with van der Waals surface area (Å²) < 4.78 is 32.2. The lowest BCUT2D eigenvalue weighted by molar-refractivity contribution is 0.0519. The predicted octanol–water partition coefficient (Wildman–Crippen LogP) is 1.89. The highest BCUT2D eigenvalue weighted by molar-refractivity contribution is 7.89. The van der Waals surface area contributed by atoms with Crippen molar-refractivity contribution >= 4 is 16.0 Å². The predicted molar refractivity (Wildman–Crippen MR) is 76.3 cm³/mol. The maximum atomic E-state index is 12.4. The van der Waals surface area contributed by atoms with Crippen LogP contribution in [0.5, 0.6) is 0 Å². The number of H-pyrrole nitrogens is 1. The molecule has 114 valence electrons. The van der Waals surface area contributed by atoms with Crippen molar-refractivity contribution in [3.05, 3.63) is 17.0 Å². The van der Waals surface area contributed by atoms with Crippen LogP contribution in [0.4, 0.5) is 0 Å². The zero-order valence-electron chi connectivity index (χ0n) is 12.5. The Morgan fingerprint density at radius 1 is 1.35 bits per heavy atom. The third-order valence-electron chi connectivity index (χ3n) is 3.09. The molecule has 20 heavy (non-hydrogen) atoms. The molecule has 0 aromatic carbocycles. The summed E-state index contributed by atoms with van der Waals surface area (Å²) >= 11 is 0. The molecular weight excluding hydrogens is 280 g/mol. The first kappa shape index (κ1) is 16.7. The molecule has 1 aromatic rings. The second-order valence-corrected chi connectivity index (χ2v) is 6.38. The van der Waals surface area contributed by atoms with Gasteiger partial charge in [0.05, 0.1) is 6.61 Å². The number of rotatable bonds is 6. The van der Waals surface area contributed by atoms with Crippen molar-refractivity contribution in [3.63, 3.8) is 0 Å². The summed E-state index contributed by atoms with van der Waals surface area (Å²) in [6, 6.07) is -0.167. The SMILES string of the molecule is CCOC(=O)c1[nH]c(C)c(S(=O)(=O)N[C@@H](C)CC)c1C. The standard InChI is InChI=1S/C13H22N2O4S/c1-6-8(3)15-20(17,18)12-9(4)11(14-10(12)5)13(16)19-7-2/h8,14-15H,6-7H2,1-5H3/t8-/m0/s1. The van der Waals surface area contributed by atoms with Gasteiger partial charge in [0.25, 0.3) is 0 Å². The summed E-state index contributed by atoms with van der Waals surface area (Å²) in [7, 11) is -3.65. The average molecular weight is 302 g/mol. The molecule has 1 rings (SSSR count). The summed E-state index contributed by atoms with van der Waals surface area (Å²) in [5.74, 6) is -0.543. The van der Waals surface area contributed by atoms with Gasteiger partial charge in [-0.3, -0.25) is 0 Å². The number of hydrogen-bond acceptors (Lipinski definition) is 4. The van der Waals surface area contributed by atoms with Gasteiger partial charge >= 0.3 is 5.97 Å². The van der Waals surface area contributed by atoms with Crippen molar-refractivity contribution in [1.82, 2.24) is 9.71 Å². The summed E-state index contributed by atoms with van der Waals surface area (Å²) in [4.78, 5) is 14.7. The van der Waals surface area contributed by atoms with E-state index in [0.29, 0.717) is 17.7 Å². The zero-order valence-corrected chi connectivity index (χ0v) is 13.3. The molecule has 0 amide bonds. The molecule has 1 heterocycles. The van der Waals surface area contributed by atoms with E-state index in [9.17, 15) is 13.2 Å². The fourth-order valence-corrected chi connectivity index (χ4v) is 3.72. The van der Waals surface area contributed by atoms with Crippen LogP contribution in [-0.4, -0.2) is 32.0 Å². The van der Waals surface area contributed by atoms with Crippen LogP contribution in [0, 0.1) is 13.8 Å². The minimum absolute atomic E-state index is 0.126. The third kappa shape index (κ3) is 3.40. The van der Waals surface area contributed by atoms with Gasteiger partial charge in [0.2, 0.25) is 10.0 Å². The number of ether oxygens (including phenoxy) is 1. The van der Waals surface area contributed by atoms with Gasteiger partial charge in [0.15, 0.2) is 0 Å². The van der Waals surface area contributed by atoms with Crippen LogP contribution < -0.4 is 4.72 Å². The second kappa shape index (κ2) is 6.41. The first-order valence-electron chi connectivity index (χ1n) is 6.63. The molecule has 0 spiro atoms. The largest absolute Gasteiger partial charge is 0.461 e. The van der Waals surface area contributed by atoms with Crippen LogP contribution in [0.25, 0.3) is 0 Å². The lowest BCUT2D eigenvalue weighted by Crippen LogP contribution is -2.32. The quantitative estimate of drug-likeness (QED) is 0.785. The number of nitrogens with one attached hydrogen (secondary N) is 2. The van der Waals surface area contributed by atoms with Gasteiger partial charge in [0.1, 0.15) is 10.6 Å². The van der Waals surface area contributed by atoms with Crippen LogP contribution in [0.15, 0.2) is 4.90 Å². The zero-order chi connectivity index (χ0) is 15.5. The fourth-order valence-electron chi connectivity index (χ4n) is 1.95. The summed E-state index contributed by atoms with van der Waals surface area (Å²) in [5.41, 5.74) is 1.01. The first-order valence-corrected chi connectivity index (χ1v) is 8.11. The van der Waals surface area contributed by atoms with Crippen LogP contribution in [0.1, 0.15) is 48.9 Å². The van der Waals surface area contributed by atoms with Crippen molar-refractivity contribution < 1.29 is 17.9 Å². The van der Waals surface area contributed by atoms with Crippen molar-refractivity contribution in [2.75, 3.05) is 6.61 Å². The molecule has 2 N–H and O–H groups in total. The van der Waals surface area contributed by atoms with E-state index in [1.807, 2.05) is 6.92 Å². The van der Waals surface area contributed by atoms with Gasteiger partial charge in [-0.1, -0.05) is 6.92 Å². The van der Waals surface area contributed by atoms with Crippen LogP contribution >= 0.6 is 0 Å². The maximum Gasteiger partial charge on any atom is 0.355 e. The lowest BCUT2D eigenvalue weighted by Gasteiger charge is -2.12. The van der Waals surface area contributed by atoms with E-state index < -0.39 is 16.0 Å². The van der Waals surface area contributed by atoms with Crippen LogP contribution in [-0.2, 0) is 14.8 Å². The highest BCUT2D eigenvalue weighted by Gasteiger charge is 2.27. The lowest BCUT2D eigenvalue weighted by atomic mass is 10.2. The Morgan fingerprint density at radius 2 is 1.95 bits per heavy atom. The summed E-state index contributed by atoms with van der Waals surface area (Å²) in [6.45, 7) is 8.85. The Hall–Kier alpha value is -1.34. The molecular formula is C13H22N2O4S. The topological polar surface area (TPSA) is 88.3 Å². The molecule has 0 aliphatic rings. The van der Waals surface area contributed by atoms with E-state index in [0.717, 1.165) is 0 Å². The van der Waals surface area contributed by atoms with Crippen molar-refractivity contribution in [3.8, 4) is 0 Å². The molecule has 0 unspecified atom stereocenters. The summed E-state index contributed by atoms with van der Waals surface area (Å²) in [6.07, 6.45) is 0.687. The normalized spacial score (nSPS) is 13.2. The smallest absolute Gasteiger partial charge is 0.355 e. The van der Waals surface area contributed by atoms with Gasteiger partial charge < -0.3 is 9.72 Å². The monoisotopic (exact) mass is 302 g/mol. The van der Waals surface area contributed by atoms with E-state index >= 15 is 0 Å². The first-order chi connectivity index (χ1) is 9.24. The van der Waals surface area contributed by atoms with Gasteiger partial charge in [-0.15, -0.1) is 0 Å². The van der Waals surface area contributed by atoms with E-state index in [-0.39, 0.29) is 23.2 Å². The molecule has 0 bridgehead atoms. The van der Waals surface area contributed by atoms with E-state index in [1.54, 1.807) is 27.7 Å². The molecule has 0 radical (unpaired) electrons. The minimum atomic E-state index is -3.65. The summed E-state index contributed by atoms with van der Waals surface area (Å²) in [5, 5.41) is 0. The number of carbonyl (C=O) groups is 1. The Labute approximate surface area is 120 Å². The number of sulfonamides is 1. The number of hydrogen-bond donors (Lipinski definition) is 2. The third-order valence-corrected chi connectivity index (χ3v) is 4.95. The Morgan fingerprint density at radius 3 is 2.45 bits per heavy atom. The Kier molecular flexibility index (Phi) is 5.35. The number of esters is 1.